The lowest BCUT2D eigenvalue weighted by molar-refractivity contribution is -0.161. The molecule has 1 aliphatic carbocycles. The van der Waals surface area contributed by atoms with Gasteiger partial charge in [0, 0.05) is 6.92 Å². The number of rotatable bonds is 3. The zero-order chi connectivity index (χ0) is 10.4. The number of hydrogen-bond acceptors (Lipinski definition) is 4. The van der Waals surface area contributed by atoms with Gasteiger partial charge in [-0.05, 0) is 12.8 Å². The predicted molar refractivity (Wildman–Crippen MR) is 44.6 cm³/mol. The number of aliphatic carboxylic acids is 1. The fourth-order valence-electron chi connectivity index (χ4n) is 2.27. The average Bonchev–Trinajstić information content (AvgIpc) is 2.54. The van der Waals surface area contributed by atoms with Gasteiger partial charge in [-0.2, -0.15) is 0 Å². The number of ether oxygens (including phenoxy) is 2. The number of carboxylic acids is 1. The number of hydrogen-bond donors (Lipinski definition) is 1. The van der Waals surface area contributed by atoms with Gasteiger partial charge in [-0.15, -0.1) is 0 Å². The minimum absolute atomic E-state index is 0.178. The molecular weight excluding hydrogens is 188 g/mol. The Morgan fingerprint density at radius 2 is 2.14 bits per heavy atom. The van der Waals surface area contributed by atoms with Crippen molar-refractivity contribution in [2.45, 2.75) is 25.4 Å². The van der Waals surface area contributed by atoms with E-state index in [1.807, 2.05) is 0 Å². The van der Waals surface area contributed by atoms with E-state index in [1.165, 1.54) is 6.92 Å². The molecule has 78 valence electrons. The van der Waals surface area contributed by atoms with Crippen LogP contribution < -0.4 is 0 Å². The van der Waals surface area contributed by atoms with E-state index in [9.17, 15) is 9.59 Å². The molecule has 14 heavy (non-hydrogen) atoms. The normalized spacial score (nSPS) is 38.9. The molecule has 0 radical (unpaired) electrons. The summed E-state index contributed by atoms with van der Waals surface area (Å²) in [6.45, 7) is 1.75. The third kappa shape index (κ3) is 1.19. The Labute approximate surface area is 81.0 Å². The maximum atomic E-state index is 10.9. The van der Waals surface area contributed by atoms with Gasteiger partial charge in [-0.3, -0.25) is 9.59 Å². The molecular formula is C9H12O5. The van der Waals surface area contributed by atoms with Crippen molar-refractivity contribution in [3.63, 3.8) is 0 Å². The molecule has 5 heteroatoms. The highest BCUT2D eigenvalue weighted by Crippen LogP contribution is 2.57. The Bertz CT molecular complexity index is 290. The van der Waals surface area contributed by atoms with Crippen molar-refractivity contribution in [3.05, 3.63) is 0 Å². The zero-order valence-corrected chi connectivity index (χ0v) is 7.91. The molecule has 2 aliphatic heterocycles. The largest absolute Gasteiger partial charge is 0.481 e. The predicted octanol–water partition coefficient (Wildman–Crippen LogP) is 0.183. The second-order valence-electron chi connectivity index (χ2n) is 4.19. The van der Waals surface area contributed by atoms with Crippen molar-refractivity contribution in [1.29, 1.82) is 0 Å². The van der Waals surface area contributed by atoms with Gasteiger partial charge in [0.2, 0.25) is 0 Å². The summed E-state index contributed by atoms with van der Waals surface area (Å²) < 4.78 is 10.2. The quantitative estimate of drug-likeness (QED) is 0.658. The Balaban J connectivity index is 1.94. The highest BCUT2D eigenvalue weighted by atomic mass is 16.6. The van der Waals surface area contributed by atoms with Crippen LogP contribution in [0.3, 0.4) is 0 Å². The summed E-state index contributed by atoms with van der Waals surface area (Å²) in [5.41, 5.74) is -1.22. The fraction of sp³-hybridized carbons (Fsp3) is 0.778. The van der Waals surface area contributed by atoms with Crippen LogP contribution in [-0.4, -0.2) is 35.9 Å². The van der Waals surface area contributed by atoms with Crippen LogP contribution in [0, 0.1) is 5.41 Å². The molecule has 0 aromatic carbocycles. The summed E-state index contributed by atoms with van der Waals surface area (Å²) in [7, 11) is 0. The van der Waals surface area contributed by atoms with Crippen molar-refractivity contribution in [1.82, 2.24) is 0 Å². The second kappa shape index (κ2) is 2.70. The average molecular weight is 200 g/mol. The first-order valence-electron chi connectivity index (χ1n) is 4.49. The zero-order valence-electron chi connectivity index (χ0n) is 7.91. The first-order valence-corrected chi connectivity index (χ1v) is 4.49. The minimum Gasteiger partial charge on any atom is -0.481 e. The maximum Gasteiger partial charge on any atom is 0.312 e. The highest BCUT2D eigenvalue weighted by molar-refractivity contribution is 5.77. The summed E-state index contributed by atoms with van der Waals surface area (Å²) in [4.78, 5) is 21.4. The lowest BCUT2D eigenvalue weighted by Crippen LogP contribution is -2.51. The van der Waals surface area contributed by atoms with Crippen LogP contribution in [0.2, 0.25) is 0 Å². The van der Waals surface area contributed by atoms with Crippen LogP contribution >= 0.6 is 0 Å². The van der Waals surface area contributed by atoms with Gasteiger partial charge in [0.25, 0.3) is 0 Å². The molecule has 0 atom stereocenters. The molecule has 0 aromatic heterocycles. The van der Waals surface area contributed by atoms with E-state index in [0.717, 1.165) is 0 Å². The van der Waals surface area contributed by atoms with Crippen molar-refractivity contribution in [2.24, 2.45) is 5.41 Å². The molecule has 2 saturated heterocycles. The Morgan fingerprint density at radius 3 is 2.57 bits per heavy atom. The molecule has 1 saturated carbocycles. The third-order valence-electron chi connectivity index (χ3n) is 2.97. The van der Waals surface area contributed by atoms with Crippen LogP contribution in [0.1, 0.15) is 19.8 Å². The topological polar surface area (TPSA) is 72.8 Å². The van der Waals surface area contributed by atoms with Crippen LogP contribution in [0.5, 0.6) is 0 Å². The van der Waals surface area contributed by atoms with Gasteiger partial charge in [0.15, 0.2) is 0 Å². The van der Waals surface area contributed by atoms with Crippen LogP contribution in [-0.2, 0) is 19.1 Å². The molecule has 3 aliphatic rings. The van der Waals surface area contributed by atoms with E-state index < -0.39 is 17.0 Å². The SMILES string of the molecule is CC(=O)OCC12CC(C(=O)O)(CO1)C2. The summed E-state index contributed by atoms with van der Waals surface area (Å²) in [6, 6.07) is 0. The molecule has 5 nitrogen and oxygen atoms in total. The smallest absolute Gasteiger partial charge is 0.312 e. The van der Waals surface area contributed by atoms with E-state index in [-0.39, 0.29) is 19.2 Å². The summed E-state index contributed by atoms with van der Waals surface area (Å²) in [5, 5.41) is 8.91. The van der Waals surface area contributed by atoms with Crippen LogP contribution in [0.4, 0.5) is 0 Å². The molecule has 0 amide bonds. The third-order valence-corrected chi connectivity index (χ3v) is 2.97. The fourth-order valence-corrected chi connectivity index (χ4v) is 2.27. The molecule has 0 spiro atoms. The van der Waals surface area contributed by atoms with E-state index in [1.54, 1.807) is 0 Å². The number of carboxylic acid groups (broad SMARTS) is 1. The van der Waals surface area contributed by atoms with Crippen molar-refractivity contribution < 1.29 is 24.2 Å². The number of fused-ring (bicyclic) bond motifs is 1. The minimum atomic E-state index is -0.812. The summed E-state index contributed by atoms with van der Waals surface area (Å²) in [5.74, 6) is -1.17. The monoisotopic (exact) mass is 200 g/mol. The van der Waals surface area contributed by atoms with Crippen molar-refractivity contribution >= 4 is 11.9 Å². The second-order valence-corrected chi connectivity index (χ2v) is 4.19. The molecule has 3 rings (SSSR count). The Hall–Kier alpha value is -1.10. The molecule has 1 N–H and O–H groups in total. The summed E-state index contributed by atoms with van der Waals surface area (Å²) in [6.07, 6.45) is 0.922. The van der Waals surface area contributed by atoms with Gasteiger partial charge in [0.05, 0.1) is 12.0 Å². The number of carbonyl (C=O) groups excluding carboxylic acids is 1. The first kappa shape index (κ1) is 9.45. The molecule has 3 fully saturated rings. The maximum absolute atomic E-state index is 10.9. The van der Waals surface area contributed by atoms with Gasteiger partial charge in [-0.25, -0.2) is 0 Å². The lowest BCUT2D eigenvalue weighted by atomic mass is 9.63. The molecule has 2 heterocycles. The van der Waals surface area contributed by atoms with E-state index in [4.69, 9.17) is 14.6 Å². The van der Waals surface area contributed by atoms with E-state index in [2.05, 4.69) is 0 Å². The molecule has 2 bridgehead atoms. The van der Waals surface area contributed by atoms with Crippen molar-refractivity contribution in [2.75, 3.05) is 13.2 Å². The molecule has 0 unspecified atom stereocenters. The van der Waals surface area contributed by atoms with E-state index >= 15 is 0 Å². The van der Waals surface area contributed by atoms with Gasteiger partial charge >= 0.3 is 11.9 Å². The number of carbonyl (C=O) groups is 2. The standard InChI is InChI=1S/C9H12O5/c1-6(10)13-5-9-2-8(3-9,4-14-9)7(11)12/h2-5H2,1H3,(H,11,12). The van der Waals surface area contributed by atoms with Crippen LogP contribution in [0.25, 0.3) is 0 Å². The van der Waals surface area contributed by atoms with Gasteiger partial charge < -0.3 is 14.6 Å². The Morgan fingerprint density at radius 1 is 1.50 bits per heavy atom. The Kier molecular flexibility index (Phi) is 1.82. The van der Waals surface area contributed by atoms with Gasteiger partial charge in [-0.1, -0.05) is 0 Å². The summed E-state index contributed by atoms with van der Waals surface area (Å²) >= 11 is 0. The van der Waals surface area contributed by atoms with Crippen LogP contribution in [0.15, 0.2) is 0 Å². The molecule has 0 aromatic rings. The number of esters is 1. The van der Waals surface area contributed by atoms with E-state index in [0.29, 0.717) is 12.8 Å². The lowest BCUT2D eigenvalue weighted by Gasteiger charge is -2.40. The van der Waals surface area contributed by atoms with Gasteiger partial charge in [0.1, 0.15) is 12.2 Å². The first-order chi connectivity index (χ1) is 6.48. The van der Waals surface area contributed by atoms with Crippen molar-refractivity contribution in [3.8, 4) is 0 Å². The highest BCUT2D eigenvalue weighted by Gasteiger charge is 2.67.